The van der Waals surface area contributed by atoms with Crippen LogP contribution < -0.4 is 0 Å². The molecule has 3 nitrogen and oxygen atoms in total. The van der Waals surface area contributed by atoms with Gasteiger partial charge >= 0.3 is 5.76 Å². The van der Waals surface area contributed by atoms with Crippen LogP contribution in [-0.2, 0) is 9.63 Å². The van der Waals surface area contributed by atoms with Crippen LogP contribution in [0.2, 0.25) is 0 Å². The molecule has 0 aliphatic carbocycles. The van der Waals surface area contributed by atoms with E-state index in [1.54, 1.807) is 0 Å². The summed E-state index contributed by atoms with van der Waals surface area (Å²) in [4.78, 5) is 0. The lowest BCUT2D eigenvalue weighted by Crippen LogP contribution is -2.41. The minimum Gasteiger partial charge on any atom is -0.304 e. The maximum atomic E-state index is 11.4. The molecule has 0 heterocycles. The fraction of sp³-hybridized carbons (Fsp3) is 1.00. The molecule has 58 valence electrons. The van der Waals surface area contributed by atoms with Crippen molar-refractivity contribution in [2.24, 2.45) is 0 Å². The molecule has 6 heteroatoms. The minimum absolute atomic E-state index is 0.838. The standard InChI is InChI=1S/C3H8F2O3S/c1-2-9(6,7,8)3(4)5/h3H,2H2,1H3,(H2,6,7,8). The van der Waals surface area contributed by atoms with Crippen LogP contribution in [0.4, 0.5) is 8.78 Å². The van der Waals surface area contributed by atoms with Crippen molar-refractivity contribution in [2.45, 2.75) is 12.7 Å². The van der Waals surface area contributed by atoms with E-state index in [1.165, 1.54) is 0 Å². The number of rotatable bonds is 2. The van der Waals surface area contributed by atoms with Gasteiger partial charge in [0.15, 0.2) is 0 Å². The van der Waals surface area contributed by atoms with Crippen molar-refractivity contribution in [3.8, 4) is 0 Å². The summed E-state index contributed by atoms with van der Waals surface area (Å²) in [6.45, 7) is 1.01. The minimum atomic E-state index is -5.56. The van der Waals surface area contributed by atoms with Crippen LogP contribution in [0.25, 0.3) is 0 Å². The molecular formula is C3H8F2O3S. The second-order valence-electron chi connectivity index (χ2n) is 1.63. The SMILES string of the molecule is CCS(=O)(O)(O)C(F)F. The summed E-state index contributed by atoms with van der Waals surface area (Å²) < 4.78 is 49.5. The average molecular weight is 162 g/mol. The molecule has 0 amide bonds. The van der Waals surface area contributed by atoms with E-state index in [2.05, 4.69) is 0 Å². The highest BCUT2D eigenvalue weighted by Gasteiger charge is 2.39. The van der Waals surface area contributed by atoms with Crippen LogP contribution >= 0.6 is 0 Å². The summed E-state index contributed by atoms with van der Waals surface area (Å²) in [5.41, 5.74) is 0. The van der Waals surface area contributed by atoms with E-state index in [0.29, 0.717) is 0 Å². The Morgan fingerprint density at radius 3 is 1.89 bits per heavy atom. The van der Waals surface area contributed by atoms with E-state index in [1.807, 2.05) is 0 Å². The van der Waals surface area contributed by atoms with Gasteiger partial charge in [0, 0.05) is 5.75 Å². The third-order valence-corrected chi connectivity index (χ3v) is 2.70. The summed E-state index contributed by atoms with van der Waals surface area (Å²) in [6, 6.07) is 0. The summed E-state index contributed by atoms with van der Waals surface area (Å²) in [5, 5.41) is 0. The van der Waals surface area contributed by atoms with Crippen molar-refractivity contribution in [1.29, 1.82) is 0 Å². The summed E-state index contributed by atoms with van der Waals surface area (Å²) in [5.74, 6) is -4.42. The Labute approximate surface area is 51.1 Å². The predicted molar refractivity (Wildman–Crippen MR) is 29.9 cm³/mol. The second kappa shape index (κ2) is 1.96. The Bertz CT molecular complexity index is 160. The van der Waals surface area contributed by atoms with Crippen molar-refractivity contribution in [1.82, 2.24) is 0 Å². The quantitative estimate of drug-likeness (QED) is 0.636. The zero-order valence-electron chi connectivity index (χ0n) is 4.75. The maximum Gasteiger partial charge on any atom is 0.332 e. The molecule has 0 radical (unpaired) electrons. The fourth-order valence-corrected chi connectivity index (χ4v) is 0.378. The third kappa shape index (κ3) is 1.96. The molecule has 0 aromatic heterocycles. The molecule has 0 saturated carbocycles. The Morgan fingerprint density at radius 1 is 1.56 bits per heavy atom. The molecular weight excluding hydrogens is 154 g/mol. The largest absolute Gasteiger partial charge is 0.332 e. The zero-order valence-corrected chi connectivity index (χ0v) is 5.57. The van der Waals surface area contributed by atoms with Gasteiger partial charge in [0.1, 0.15) is 9.63 Å². The zero-order chi connectivity index (χ0) is 7.73. The van der Waals surface area contributed by atoms with Gasteiger partial charge in [-0.2, -0.15) is 8.78 Å². The number of hydrogen-bond acceptors (Lipinski definition) is 1. The van der Waals surface area contributed by atoms with E-state index >= 15 is 0 Å². The van der Waals surface area contributed by atoms with Gasteiger partial charge in [-0.25, -0.2) is 4.21 Å². The molecule has 0 spiro atoms. The Kier molecular flexibility index (Phi) is 1.95. The average Bonchev–Trinajstić information content (AvgIpc) is 1.66. The van der Waals surface area contributed by atoms with Crippen molar-refractivity contribution in [2.75, 3.05) is 5.75 Å². The highest BCUT2D eigenvalue weighted by atomic mass is 32.3. The van der Waals surface area contributed by atoms with Crippen LogP contribution in [0.15, 0.2) is 0 Å². The van der Waals surface area contributed by atoms with Crippen LogP contribution in [-0.4, -0.2) is 24.8 Å². The van der Waals surface area contributed by atoms with Gasteiger partial charge in [-0.3, -0.25) is 0 Å². The normalized spacial score (nSPS) is 17.3. The first-order valence-corrected chi connectivity index (χ1v) is 4.31. The highest BCUT2D eigenvalue weighted by Crippen LogP contribution is 2.24. The summed E-state index contributed by atoms with van der Waals surface area (Å²) >= 11 is 0. The lowest BCUT2D eigenvalue weighted by molar-refractivity contribution is 0.189. The van der Waals surface area contributed by atoms with Crippen LogP contribution in [0.3, 0.4) is 0 Å². The molecule has 2 N–H and O–H groups in total. The van der Waals surface area contributed by atoms with Crippen molar-refractivity contribution < 1.29 is 22.1 Å². The van der Waals surface area contributed by atoms with Gasteiger partial charge < -0.3 is 9.11 Å². The Hall–Kier alpha value is -0.0700. The highest BCUT2D eigenvalue weighted by molar-refractivity contribution is 8.10. The van der Waals surface area contributed by atoms with Gasteiger partial charge in [-0.15, -0.1) is 0 Å². The first kappa shape index (κ1) is 8.93. The fourth-order valence-electron chi connectivity index (χ4n) is 0.126. The molecule has 0 aromatic carbocycles. The van der Waals surface area contributed by atoms with Gasteiger partial charge in [0.25, 0.3) is 0 Å². The topological polar surface area (TPSA) is 57.5 Å². The summed E-state index contributed by atoms with van der Waals surface area (Å²) in [6.07, 6.45) is 0. The first-order chi connectivity index (χ1) is 3.78. The molecule has 0 aliphatic rings. The van der Waals surface area contributed by atoms with Crippen molar-refractivity contribution in [3.05, 3.63) is 0 Å². The molecule has 0 aliphatic heterocycles. The van der Waals surface area contributed by atoms with Crippen LogP contribution in [0.5, 0.6) is 0 Å². The molecule has 0 bridgehead atoms. The second-order valence-corrected chi connectivity index (χ2v) is 4.72. The van der Waals surface area contributed by atoms with E-state index in [4.69, 9.17) is 9.11 Å². The van der Waals surface area contributed by atoms with Crippen molar-refractivity contribution >= 4 is 9.63 Å². The van der Waals surface area contributed by atoms with Crippen LogP contribution in [0.1, 0.15) is 6.92 Å². The molecule has 0 fully saturated rings. The number of alkyl halides is 2. The van der Waals surface area contributed by atoms with Gasteiger partial charge in [-0.05, 0) is 0 Å². The summed E-state index contributed by atoms with van der Waals surface area (Å²) in [7, 11) is -5.56. The Balaban J connectivity index is 4.53. The van der Waals surface area contributed by atoms with E-state index in [9.17, 15) is 13.0 Å². The lowest BCUT2D eigenvalue weighted by atomic mass is 11.0. The molecule has 0 atom stereocenters. The number of hydrogen-bond donors (Lipinski definition) is 2. The van der Waals surface area contributed by atoms with Gasteiger partial charge in [0.05, 0.1) is 0 Å². The molecule has 0 rings (SSSR count). The lowest BCUT2D eigenvalue weighted by Gasteiger charge is -2.27. The Morgan fingerprint density at radius 2 is 1.89 bits per heavy atom. The maximum absolute atomic E-state index is 11.4. The third-order valence-electron chi connectivity index (χ3n) is 0.901. The van der Waals surface area contributed by atoms with E-state index < -0.39 is 21.1 Å². The van der Waals surface area contributed by atoms with Gasteiger partial charge in [-0.1, -0.05) is 6.92 Å². The molecule has 0 saturated heterocycles. The van der Waals surface area contributed by atoms with Crippen molar-refractivity contribution in [3.63, 3.8) is 0 Å². The molecule has 9 heavy (non-hydrogen) atoms. The first-order valence-electron chi connectivity index (χ1n) is 2.20. The molecule has 0 unspecified atom stereocenters. The van der Waals surface area contributed by atoms with E-state index in [0.717, 1.165) is 6.92 Å². The number of halogens is 2. The smallest absolute Gasteiger partial charge is 0.304 e. The van der Waals surface area contributed by atoms with Crippen LogP contribution in [0, 0.1) is 0 Å². The molecule has 0 aromatic rings. The monoisotopic (exact) mass is 162 g/mol. The van der Waals surface area contributed by atoms with Gasteiger partial charge in [0.2, 0.25) is 0 Å². The van der Waals surface area contributed by atoms with E-state index in [-0.39, 0.29) is 0 Å². The predicted octanol–water partition coefficient (Wildman–Crippen LogP) is 0.995.